The molecule has 0 aliphatic carbocycles. The highest BCUT2D eigenvalue weighted by atomic mass is 16.3. The zero-order valence-corrected chi connectivity index (χ0v) is 10.00. The van der Waals surface area contributed by atoms with E-state index in [0.29, 0.717) is 0 Å². The van der Waals surface area contributed by atoms with Crippen molar-refractivity contribution in [1.82, 2.24) is 15.0 Å². The first kappa shape index (κ1) is 11.0. The molecule has 5 heteroatoms. The van der Waals surface area contributed by atoms with Crippen LogP contribution in [0.4, 0.5) is 0 Å². The summed E-state index contributed by atoms with van der Waals surface area (Å²) in [5, 5.41) is 1.04. The average Bonchev–Trinajstić information content (AvgIpc) is 2.99. The van der Waals surface area contributed by atoms with Crippen LogP contribution in [0, 0.1) is 0 Å². The van der Waals surface area contributed by atoms with Crippen LogP contribution < -0.4 is 11.3 Å². The molecule has 0 spiro atoms. The number of rotatable bonds is 3. The lowest BCUT2D eigenvalue weighted by Crippen LogP contribution is -2.30. The molecule has 2 aromatic heterocycles. The molecular formula is C13H14N4O. The smallest absolute Gasteiger partial charge is 0.134 e. The zero-order valence-electron chi connectivity index (χ0n) is 10.00. The number of benzene rings is 1. The van der Waals surface area contributed by atoms with Crippen molar-refractivity contribution in [2.45, 2.75) is 6.04 Å². The Hall–Kier alpha value is -2.11. The van der Waals surface area contributed by atoms with Crippen molar-refractivity contribution in [3.05, 3.63) is 54.3 Å². The number of para-hydroxylation sites is 1. The van der Waals surface area contributed by atoms with Crippen molar-refractivity contribution in [1.29, 1.82) is 0 Å². The highest BCUT2D eigenvalue weighted by Gasteiger charge is 2.20. The van der Waals surface area contributed by atoms with E-state index in [1.54, 1.807) is 12.5 Å². The summed E-state index contributed by atoms with van der Waals surface area (Å²) in [6.45, 7) is 0. The van der Waals surface area contributed by atoms with Crippen LogP contribution in [0.2, 0.25) is 0 Å². The van der Waals surface area contributed by atoms with Gasteiger partial charge in [-0.05, 0) is 6.07 Å². The van der Waals surface area contributed by atoms with Gasteiger partial charge in [-0.3, -0.25) is 5.84 Å². The number of hydrogen-bond donors (Lipinski definition) is 2. The summed E-state index contributed by atoms with van der Waals surface area (Å²) in [5.74, 6) is 6.52. The van der Waals surface area contributed by atoms with Crippen LogP contribution in [0.5, 0.6) is 0 Å². The van der Waals surface area contributed by atoms with Crippen LogP contribution in [-0.4, -0.2) is 9.55 Å². The van der Waals surface area contributed by atoms with Gasteiger partial charge in [0.05, 0.1) is 6.26 Å². The first-order valence-electron chi connectivity index (χ1n) is 5.70. The molecule has 1 aromatic carbocycles. The van der Waals surface area contributed by atoms with Gasteiger partial charge in [0.1, 0.15) is 17.4 Å². The number of aryl methyl sites for hydroxylation is 1. The Kier molecular flexibility index (Phi) is 2.62. The Morgan fingerprint density at radius 2 is 2.22 bits per heavy atom. The minimum Gasteiger partial charge on any atom is -0.464 e. The summed E-state index contributed by atoms with van der Waals surface area (Å²) >= 11 is 0. The Balaban J connectivity index is 2.15. The highest BCUT2D eigenvalue weighted by molar-refractivity contribution is 5.81. The lowest BCUT2D eigenvalue weighted by molar-refractivity contribution is 0.559. The van der Waals surface area contributed by atoms with E-state index in [4.69, 9.17) is 10.3 Å². The third kappa shape index (κ3) is 1.61. The third-order valence-corrected chi connectivity index (χ3v) is 3.11. The number of hydrogen-bond acceptors (Lipinski definition) is 4. The predicted octanol–water partition coefficient (Wildman–Crippen LogP) is 1.72. The van der Waals surface area contributed by atoms with Crippen LogP contribution in [0.1, 0.15) is 17.4 Å². The fourth-order valence-electron chi connectivity index (χ4n) is 2.18. The monoisotopic (exact) mass is 242 g/mol. The van der Waals surface area contributed by atoms with Gasteiger partial charge in [-0.25, -0.2) is 10.4 Å². The molecule has 92 valence electrons. The number of nitrogens with two attached hydrogens (primary N) is 1. The Bertz CT molecular complexity index is 670. The number of aromatic nitrogens is 2. The molecule has 1 unspecified atom stereocenters. The second kappa shape index (κ2) is 4.29. The van der Waals surface area contributed by atoms with E-state index in [-0.39, 0.29) is 6.04 Å². The molecular weight excluding hydrogens is 228 g/mol. The standard InChI is InChI=1S/C13H14N4O/c1-17-7-6-15-13(17)12(16-14)10-8-18-11-5-3-2-4-9(10)11/h2-8,12,16H,14H2,1H3. The van der Waals surface area contributed by atoms with Crippen molar-refractivity contribution in [3.8, 4) is 0 Å². The molecule has 0 amide bonds. The van der Waals surface area contributed by atoms with Crippen LogP contribution in [0.3, 0.4) is 0 Å². The number of fused-ring (bicyclic) bond motifs is 1. The minimum atomic E-state index is -0.186. The molecule has 0 aliphatic heterocycles. The van der Waals surface area contributed by atoms with Crippen molar-refractivity contribution in [2.24, 2.45) is 12.9 Å². The van der Waals surface area contributed by atoms with Crippen LogP contribution >= 0.6 is 0 Å². The fraction of sp³-hybridized carbons (Fsp3) is 0.154. The van der Waals surface area contributed by atoms with E-state index < -0.39 is 0 Å². The summed E-state index contributed by atoms with van der Waals surface area (Å²) in [5.41, 5.74) is 4.63. The van der Waals surface area contributed by atoms with E-state index in [0.717, 1.165) is 22.4 Å². The van der Waals surface area contributed by atoms with Crippen molar-refractivity contribution < 1.29 is 4.42 Å². The summed E-state index contributed by atoms with van der Waals surface area (Å²) in [7, 11) is 1.94. The van der Waals surface area contributed by atoms with Gasteiger partial charge in [0.2, 0.25) is 0 Å². The van der Waals surface area contributed by atoms with Crippen LogP contribution in [0.25, 0.3) is 11.0 Å². The van der Waals surface area contributed by atoms with Gasteiger partial charge >= 0.3 is 0 Å². The van der Waals surface area contributed by atoms with E-state index in [1.807, 2.05) is 42.1 Å². The topological polar surface area (TPSA) is 69.0 Å². The maximum absolute atomic E-state index is 5.67. The molecule has 0 radical (unpaired) electrons. The number of furan rings is 1. The summed E-state index contributed by atoms with van der Waals surface area (Å²) in [4.78, 5) is 4.33. The Labute approximate surface area is 104 Å². The van der Waals surface area contributed by atoms with Gasteiger partial charge in [-0.15, -0.1) is 0 Å². The molecule has 0 aliphatic rings. The van der Waals surface area contributed by atoms with Crippen molar-refractivity contribution >= 4 is 11.0 Å². The summed E-state index contributed by atoms with van der Waals surface area (Å²) in [6.07, 6.45) is 5.37. The fourth-order valence-corrected chi connectivity index (χ4v) is 2.18. The first-order valence-corrected chi connectivity index (χ1v) is 5.70. The highest BCUT2D eigenvalue weighted by Crippen LogP contribution is 2.29. The maximum Gasteiger partial charge on any atom is 0.134 e. The molecule has 3 rings (SSSR count). The molecule has 0 fully saturated rings. The normalized spacial score (nSPS) is 13.0. The van der Waals surface area contributed by atoms with E-state index in [9.17, 15) is 0 Å². The lowest BCUT2D eigenvalue weighted by atomic mass is 10.1. The van der Waals surface area contributed by atoms with Crippen LogP contribution in [0.15, 0.2) is 47.3 Å². The average molecular weight is 242 g/mol. The van der Waals surface area contributed by atoms with E-state index in [1.165, 1.54) is 0 Å². The van der Waals surface area contributed by atoms with Crippen LogP contribution in [-0.2, 0) is 7.05 Å². The molecule has 5 nitrogen and oxygen atoms in total. The quantitative estimate of drug-likeness (QED) is 0.542. The Morgan fingerprint density at radius 3 is 2.94 bits per heavy atom. The van der Waals surface area contributed by atoms with Crippen molar-refractivity contribution in [2.75, 3.05) is 0 Å². The number of imidazole rings is 1. The summed E-state index contributed by atoms with van der Waals surface area (Å²) in [6, 6.07) is 7.69. The lowest BCUT2D eigenvalue weighted by Gasteiger charge is -2.14. The Morgan fingerprint density at radius 1 is 1.39 bits per heavy atom. The zero-order chi connectivity index (χ0) is 12.5. The largest absolute Gasteiger partial charge is 0.464 e. The molecule has 0 saturated carbocycles. The van der Waals surface area contributed by atoms with Gasteiger partial charge in [-0.1, -0.05) is 18.2 Å². The minimum absolute atomic E-state index is 0.186. The third-order valence-electron chi connectivity index (χ3n) is 3.11. The SMILES string of the molecule is Cn1ccnc1C(NN)c1coc2ccccc12. The molecule has 0 saturated heterocycles. The molecule has 1 atom stereocenters. The maximum atomic E-state index is 5.67. The second-order valence-corrected chi connectivity index (χ2v) is 4.18. The molecule has 18 heavy (non-hydrogen) atoms. The number of hydrazine groups is 1. The number of nitrogens with one attached hydrogen (secondary N) is 1. The molecule has 3 aromatic rings. The van der Waals surface area contributed by atoms with Gasteiger partial charge in [0.15, 0.2) is 0 Å². The number of nitrogens with zero attached hydrogens (tertiary/aromatic N) is 2. The van der Waals surface area contributed by atoms with E-state index in [2.05, 4.69) is 10.4 Å². The summed E-state index contributed by atoms with van der Waals surface area (Å²) < 4.78 is 7.47. The molecule has 0 bridgehead atoms. The molecule has 3 N–H and O–H groups in total. The van der Waals surface area contributed by atoms with Gasteiger partial charge in [-0.2, -0.15) is 0 Å². The van der Waals surface area contributed by atoms with Crippen molar-refractivity contribution in [3.63, 3.8) is 0 Å². The van der Waals surface area contributed by atoms with E-state index >= 15 is 0 Å². The first-order chi connectivity index (χ1) is 8.81. The van der Waals surface area contributed by atoms with Gasteiger partial charge in [0.25, 0.3) is 0 Å². The van der Waals surface area contributed by atoms with Gasteiger partial charge < -0.3 is 8.98 Å². The molecule has 2 heterocycles. The predicted molar refractivity (Wildman–Crippen MR) is 68.6 cm³/mol. The van der Waals surface area contributed by atoms with Gasteiger partial charge in [0, 0.05) is 30.4 Å². The second-order valence-electron chi connectivity index (χ2n) is 4.18.